The van der Waals surface area contributed by atoms with Gasteiger partial charge >= 0.3 is 0 Å². The second-order valence-corrected chi connectivity index (χ2v) is 13.3. The highest BCUT2D eigenvalue weighted by Crippen LogP contribution is 2.65. The summed E-state index contributed by atoms with van der Waals surface area (Å²) in [6, 6.07) is 11.6. The number of alkyl halides is 2. The molecule has 0 bridgehead atoms. The van der Waals surface area contributed by atoms with Crippen molar-refractivity contribution in [1.82, 2.24) is 4.90 Å². The Morgan fingerprint density at radius 3 is 2.43 bits per heavy atom. The number of thiophene rings is 1. The summed E-state index contributed by atoms with van der Waals surface area (Å²) in [7, 11) is 0. The van der Waals surface area contributed by atoms with Gasteiger partial charge < -0.3 is 9.52 Å². The number of likely N-dealkylation sites (tertiary alicyclic amines) is 1. The van der Waals surface area contributed by atoms with E-state index in [1.165, 1.54) is 34.4 Å². The Labute approximate surface area is 253 Å². The maximum absolute atomic E-state index is 14.2. The fourth-order valence-corrected chi connectivity index (χ4v) is 8.73. The number of aliphatic hydroxyl groups is 1. The summed E-state index contributed by atoms with van der Waals surface area (Å²) >= 11 is 16.0. The van der Waals surface area contributed by atoms with Crippen molar-refractivity contribution in [1.29, 1.82) is 0 Å². The number of nitrogens with zero attached hydrogens (tertiary/aromatic N) is 2. The number of hydrogen-bond acceptors (Lipinski definition) is 7. The number of anilines is 1. The van der Waals surface area contributed by atoms with Gasteiger partial charge in [-0.1, -0.05) is 17.7 Å². The first kappa shape index (κ1) is 27.5. The molecule has 2 saturated heterocycles. The third-order valence-electron chi connectivity index (χ3n) is 9.00. The molecule has 1 saturated carbocycles. The normalized spacial score (nSPS) is 32.2. The number of fused-ring (bicyclic) bond motifs is 4. The Kier molecular flexibility index (Phi) is 6.29. The van der Waals surface area contributed by atoms with Gasteiger partial charge in [-0.2, -0.15) is 0 Å². The van der Waals surface area contributed by atoms with Gasteiger partial charge in [-0.05, 0) is 66.6 Å². The monoisotopic (exact) mass is 628 g/mol. The van der Waals surface area contributed by atoms with Crippen LogP contribution in [0.5, 0.6) is 0 Å². The van der Waals surface area contributed by atoms with Gasteiger partial charge in [0.15, 0.2) is 9.75 Å². The minimum atomic E-state index is -2.08. The van der Waals surface area contributed by atoms with Crippen molar-refractivity contribution >= 4 is 63.9 Å². The molecule has 2 aliphatic carbocycles. The molecule has 3 aromatic rings. The third-order valence-corrected chi connectivity index (χ3v) is 11.3. The molecule has 2 aliphatic heterocycles. The lowest BCUT2D eigenvalue weighted by Crippen LogP contribution is -2.60. The molecule has 1 N–H and O–H groups in total. The Morgan fingerprint density at radius 1 is 1.00 bits per heavy atom. The third kappa shape index (κ3) is 3.62. The molecule has 6 unspecified atom stereocenters. The second-order valence-electron chi connectivity index (χ2n) is 11.1. The minimum Gasteiger partial charge on any atom is -0.463 e. The highest BCUT2D eigenvalue weighted by atomic mass is 35.5. The summed E-state index contributed by atoms with van der Waals surface area (Å²) in [4.78, 5) is 54.6. The van der Waals surface area contributed by atoms with E-state index in [0.717, 1.165) is 21.9 Å². The first-order chi connectivity index (χ1) is 20.1. The molecule has 42 heavy (non-hydrogen) atoms. The zero-order chi connectivity index (χ0) is 29.6. The Hall–Kier alpha value is -3.31. The van der Waals surface area contributed by atoms with Crippen molar-refractivity contribution < 1.29 is 33.1 Å². The van der Waals surface area contributed by atoms with E-state index >= 15 is 0 Å². The molecule has 0 radical (unpaired) electrons. The quantitative estimate of drug-likeness (QED) is 0.248. The van der Waals surface area contributed by atoms with Crippen molar-refractivity contribution in [2.45, 2.75) is 41.7 Å². The van der Waals surface area contributed by atoms with Gasteiger partial charge in [0.25, 0.3) is 11.8 Å². The predicted octanol–water partition coefficient (Wildman–Crippen LogP) is 4.74. The van der Waals surface area contributed by atoms with E-state index in [0.29, 0.717) is 5.57 Å². The molecule has 2 aromatic heterocycles. The van der Waals surface area contributed by atoms with Crippen LogP contribution >= 0.6 is 34.5 Å². The van der Waals surface area contributed by atoms with Crippen molar-refractivity contribution in [3.63, 3.8) is 0 Å². The first-order valence-electron chi connectivity index (χ1n) is 13.4. The van der Waals surface area contributed by atoms with Crippen LogP contribution in [0.1, 0.15) is 35.2 Å². The van der Waals surface area contributed by atoms with Gasteiger partial charge in [-0.25, -0.2) is 9.29 Å². The summed E-state index contributed by atoms with van der Waals surface area (Å²) in [6.45, 7) is -0.270. The molecule has 3 fully saturated rings. The number of rotatable bonds is 5. The topological polar surface area (TPSA) is 108 Å². The van der Waals surface area contributed by atoms with Crippen molar-refractivity contribution in [3.8, 4) is 0 Å². The van der Waals surface area contributed by atoms with Crippen molar-refractivity contribution in [3.05, 3.63) is 87.8 Å². The lowest BCUT2D eigenvalue weighted by Gasteiger charge is -2.49. The molecule has 7 rings (SSSR count). The highest BCUT2D eigenvalue weighted by Gasteiger charge is 2.77. The second kappa shape index (κ2) is 9.60. The summed E-state index contributed by atoms with van der Waals surface area (Å²) < 4.78 is 19.6. The van der Waals surface area contributed by atoms with Crippen molar-refractivity contribution in [2.24, 2.45) is 17.8 Å². The van der Waals surface area contributed by atoms with Crippen LogP contribution in [0.15, 0.2) is 70.0 Å². The smallest absolute Gasteiger partial charge is 0.258 e. The van der Waals surface area contributed by atoms with E-state index in [2.05, 4.69) is 0 Å². The molecule has 0 spiro atoms. The summed E-state index contributed by atoms with van der Waals surface area (Å²) in [5.74, 6) is -5.67. The van der Waals surface area contributed by atoms with E-state index in [1.54, 1.807) is 6.07 Å². The standard InChI is InChI=1S/C30H23Cl2FN2O6S/c31-29-12-21-19(8-9-20-23(21)26(38)34(25(20)37)13-18-2-1-11-42-18)24(22-10-7-17(14-36)41-22)30(29,32)28(40)35(27(29)39)16-5-3-15(33)4-6-16/h1-8,10-11,20-21,23-24,36H,9,12-14H2. The molecule has 4 amide bonds. The number of halogens is 3. The van der Waals surface area contributed by atoms with E-state index in [4.69, 9.17) is 27.6 Å². The zero-order valence-corrected chi connectivity index (χ0v) is 24.2. The molecule has 12 heteroatoms. The maximum Gasteiger partial charge on any atom is 0.258 e. The first-order valence-corrected chi connectivity index (χ1v) is 15.0. The zero-order valence-electron chi connectivity index (χ0n) is 21.8. The molecular formula is C30H23Cl2FN2O6S. The van der Waals surface area contributed by atoms with Gasteiger partial charge in [0.05, 0.1) is 30.0 Å². The van der Waals surface area contributed by atoms with Gasteiger partial charge in [0.2, 0.25) is 11.8 Å². The number of allylic oxidation sites excluding steroid dienone is 2. The molecule has 6 atom stereocenters. The minimum absolute atomic E-state index is 0.0964. The van der Waals surface area contributed by atoms with Gasteiger partial charge in [0, 0.05) is 4.88 Å². The average molecular weight is 629 g/mol. The van der Waals surface area contributed by atoms with E-state index in [1.807, 2.05) is 23.6 Å². The number of furan rings is 1. The number of hydrogen-bond donors (Lipinski definition) is 1. The molecule has 216 valence electrons. The van der Waals surface area contributed by atoms with Gasteiger partial charge in [-0.15, -0.1) is 34.5 Å². The highest BCUT2D eigenvalue weighted by molar-refractivity contribution is 7.09. The Bertz CT molecular complexity index is 1670. The largest absolute Gasteiger partial charge is 0.463 e. The number of benzene rings is 1. The lowest BCUT2D eigenvalue weighted by atomic mass is 9.57. The van der Waals surface area contributed by atoms with Crippen LogP contribution in [-0.2, 0) is 32.3 Å². The van der Waals surface area contributed by atoms with Crippen LogP contribution in [0.3, 0.4) is 0 Å². The average Bonchev–Trinajstić information content (AvgIpc) is 3.74. The molecule has 1 aromatic carbocycles. The van der Waals surface area contributed by atoms with Crippen LogP contribution < -0.4 is 4.90 Å². The molecular weight excluding hydrogens is 606 g/mol. The predicted molar refractivity (Wildman–Crippen MR) is 151 cm³/mol. The van der Waals surface area contributed by atoms with Crippen LogP contribution in [0, 0.1) is 23.6 Å². The van der Waals surface area contributed by atoms with Crippen LogP contribution in [0.4, 0.5) is 10.1 Å². The molecule has 4 aliphatic rings. The van der Waals surface area contributed by atoms with Crippen molar-refractivity contribution in [2.75, 3.05) is 4.90 Å². The maximum atomic E-state index is 14.2. The fourth-order valence-electron chi connectivity index (χ4n) is 7.12. The number of imide groups is 2. The molecule has 4 heterocycles. The Morgan fingerprint density at radius 2 is 1.76 bits per heavy atom. The van der Waals surface area contributed by atoms with Crippen LogP contribution in [-0.4, -0.2) is 43.4 Å². The Balaban J connectivity index is 1.36. The van der Waals surface area contributed by atoms with E-state index in [9.17, 15) is 28.7 Å². The number of aliphatic hydroxyl groups excluding tert-OH is 1. The van der Waals surface area contributed by atoms with E-state index in [-0.39, 0.29) is 48.4 Å². The summed E-state index contributed by atoms with van der Waals surface area (Å²) in [5, 5.41) is 11.6. The summed E-state index contributed by atoms with van der Waals surface area (Å²) in [5.41, 5.74) is 0.682. The fraction of sp³-hybridized carbons (Fsp3) is 0.333. The molecule has 8 nitrogen and oxygen atoms in total. The van der Waals surface area contributed by atoms with E-state index < -0.39 is 57.7 Å². The lowest BCUT2D eigenvalue weighted by molar-refractivity contribution is -0.141. The van der Waals surface area contributed by atoms with Gasteiger partial charge in [-0.3, -0.25) is 24.1 Å². The number of amides is 4. The summed E-state index contributed by atoms with van der Waals surface area (Å²) in [6.07, 6.45) is 1.87. The van der Waals surface area contributed by atoms with Crippen LogP contribution in [0.25, 0.3) is 0 Å². The number of carbonyl (C=O) groups is 4. The van der Waals surface area contributed by atoms with Crippen LogP contribution in [0.2, 0.25) is 0 Å². The number of carbonyl (C=O) groups excluding carboxylic acids is 4. The van der Waals surface area contributed by atoms with Gasteiger partial charge in [0.1, 0.15) is 23.9 Å². The SMILES string of the molecule is O=C1C2CC=C3C(CC4(Cl)C(=O)N(c5ccc(F)cc5)C(=O)C4(Cl)C3c3ccc(CO)o3)C2C(=O)N1Cc1cccs1.